The minimum absolute atomic E-state index is 0.256. The molecule has 0 radical (unpaired) electrons. The van der Waals surface area contributed by atoms with Crippen molar-refractivity contribution in [1.29, 1.82) is 0 Å². The fraction of sp³-hybridized carbons (Fsp3) is 0.455. The second-order valence-electron chi connectivity index (χ2n) is 4.14. The highest BCUT2D eigenvalue weighted by Crippen LogP contribution is 2.21. The van der Waals surface area contributed by atoms with E-state index in [0.29, 0.717) is 10.7 Å². The van der Waals surface area contributed by atoms with Crippen molar-refractivity contribution in [1.82, 2.24) is 0 Å². The molecule has 0 saturated carbocycles. The van der Waals surface area contributed by atoms with Crippen molar-refractivity contribution >= 4 is 17.3 Å². The first-order valence-corrected chi connectivity index (χ1v) is 5.12. The van der Waals surface area contributed by atoms with Crippen molar-refractivity contribution in [2.24, 2.45) is 0 Å². The first-order valence-electron chi connectivity index (χ1n) is 4.74. The van der Waals surface area contributed by atoms with Crippen LogP contribution in [0.25, 0.3) is 0 Å². The topological polar surface area (TPSA) is 32.3 Å². The average molecular weight is 232 g/mol. The van der Waals surface area contributed by atoms with Gasteiger partial charge in [0, 0.05) is 5.02 Å². The van der Waals surface area contributed by atoms with Gasteiger partial charge in [-0.15, -0.1) is 0 Å². The third-order valence-corrected chi connectivity index (χ3v) is 2.60. The Bertz CT molecular complexity index is 349. The normalized spacial score (nSPS) is 13.7. The molecule has 0 aliphatic heterocycles. The fourth-order valence-electron chi connectivity index (χ4n) is 1.02. The monoisotopic (exact) mass is 231 g/mol. The maximum Gasteiger partial charge on any atom is 0.147 e. The molecule has 0 saturated heterocycles. The predicted octanol–water partition coefficient (Wildman–Crippen LogP) is 3.05. The number of anilines is 1. The first kappa shape index (κ1) is 12.3. The zero-order valence-corrected chi connectivity index (χ0v) is 9.77. The SMILES string of the molecule is CC(Nc1ccc(Cl)cc1F)C(C)(C)O. The Morgan fingerprint density at radius 2 is 2.07 bits per heavy atom. The molecular weight excluding hydrogens is 217 g/mol. The van der Waals surface area contributed by atoms with Crippen LogP contribution >= 0.6 is 11.6 Å². The molecule has 2 nitrogen and oxygen atoms in total. The van der Waals surface area contributed by atoms with Crippen molar-refractivity contribution in [3.05, 3.63) is 29.0 Å². The fourth-order valence-corrected chi connectivity index (χ4v) is 1.18. The van der Waals surface area contributed by atoms with Crippen molar-refractivity contribution in [3.8, 4) is 0 Å². The van der Waals surface area contributed by atoms with E-state index < -0.39 is 11.4 Å². The van der Waals surface area contributed by atoms with E-state index in [1.54, 1.807) is 32.9 Å². The largest absolute Gasteiger partial charge is 0.388 e. The van der Waals surface area contributed by atoms with Crippen LogP contribution in [0.15, 0.2) is 18.2 Å². The van der Waals surface area contributed by atoms with Crippen LogP contribution < -0.4 is 5.32 Å². The lowest BCUT2D eigenvalue weighted by atomic mass is 10.0. The number of rotatable bonds is 3. The van der Waals surface area contributed by atoms with Gasteiger partial charge >= 0.3 is 0 Å². The molecular formula is C11H15ClFNO. The van der Waals surface area contributed by atoms with Gasteiger partial charge in [0.15, 0.2) is 0 Å². The van der Waals surface area contributed by atoms with E-state index in [9.17, 15) is 9.50 Å². The Morgan fingerprint density at radius 3 is 2.53 bits per heavy atom. The third kappa shape index (κ3) is 3.36. The van der Waals surface area contributed by atoms with Gasteiger partial charge in [0.05, 0.1) is 17.3 Å². The van der Waals surface area contributed by atoms with Crippen LogP contribution in [0.2, 0.25) is 5.02 Å². The lowest BCUT2D eigenvalue weighted by molar-refractivity contribution is 0.0648. The minimum atomic E-state index is -0.911. The van der Waals surface area contributed by atoms with Crippen molar-refractivity contribution in [2.45, 2.75) is 32.4 Å². The summed E-state index contributed by atoms with van der Waals surface area (Å²) in [6.45, 7) is 5.12. The number of halogens is 2. The molecule has 84 valence electrons. The Kier molecular flexibility index (Phi) is 3.58. The summed E-state index contributed by atoms with van der Waals surface area (Å²) in [5, 5.41) is 12.9. The van der Waals surface area contributed by atoms with Crippen LogP contribution in [-0.4, -0.2) is 16.7 Å². The van der Waals surface area contributed by atoms with Crippen LogP contribution in [0.4, 0.5) is 10.1 Å². The summed E-state index contributed by atoms with van der Waals surface area (Å²) < 4.78 is 13.4. The Morgan fingerprint density at radius 1 is 1.47 bits per heavy atom. The maximum atomic E-state index is 13.4. The van der Waals surface area contributed by atoms with Gasteiger partial charge in [0.2, 0.25) is 0 Å². The van der Waals surface area contributed by atoms with E-state index in [2.05, 4.69) is 5.32 Å². The van der Waals surface area contributed by atoms with E-state index >= 15 is 0 Å². The highest BCUT2D eigenvalue weighted by molar-refractivity contribution is 6.30. The molecule has 0 aliphatic carbocycles. The summed E-state index contributed by atoms with van der Waals surface area (Å²) in [6.07, 6.45) is 0. The molecule has 0 aliphatic rings. The Labute approximate surface area is 94.1 Å². The molecule has 1 atom stereocenters. The summed E-state index contributed by atoms with van der Waals surface area (Å²) in [7, 11) is 0. The van der Waals surface area contributed by atoms with E-state index in [4.69, 9.17) is 11.6 Å². The lowest BCUT2D eigenvalue weighted by Crippen LogP contribution is -2.39. The van der Waals surface area contributed by atoms with Gasteiger partial charge in [0.1, 0.15) is 5.82 Å². The van der Waals surface area contributed by atoms with Crippen molar-refractivity contribution in [3.63, 3.8) is 0 Å². The third-order valence-electron chi connectivity index (χ3n) is 2.36. The van der Waals surface area contributed by atoms with Crippen LogP contribution in [0.5, 0.6) is 0 Å². The quantitative estimate of drug-likeness (QED) is 0.838. The zero-order valence-electron chi connectivity index (χ0n) is 9.01. The number of nitrogens with one attached hydrogen (secondary N) is 1. The van der Waals surface area contributed by atoms with Crippen LogP contribution in [0, 0.1) is 5.82 Å². The molecule has 4 heteroatoms. The van der Waals surface area contributed by atoms with E-state index in [1.165, 1.54) is 6.07 Å². The molecule has 1 rings (SSSR count). The highest BCUT2D eigenvalue weighted by atomic mass is 35.5. The second kappa shape index (κ2) is 4.37. The Balaban J connectivity index is 2.82. The molecule has 0 bridgehead atoms. The summed E-state index contributed by atoms with van der Waals surface area (Å²) in [6, 6.07) is 4.14. The molecule has 0 aromatic heterocycles. The van der Waals surface area contributed by atoms with Crippen molar-refractivity contribution < 1.29 is 9.50 Å². The van der Waals surface area contributed by atoms with E-state index in [-0.39, 0.29) is 6.04 Å². The highest BCUT2D eigenvalue weighted by Gasteiger charge is 2.22. The van der Waals surface area contributed by atoms with Gasteiger partial charge in [-0.1, -0.05) is 11.6 Å². The number of aliphatic hydroxyl groups is 1. The molecule has 0 heterocycles. The lowest BCUT2D eigenvalue weighted by Gasteiger charge is -2.27. The van der Waals surface area contributed by atoms with Crippen LogP contribution in [-0.2, 0) is 0 Å². The predicted molar refractivity (Wildman–Crippen MR) is 60.8 cm³/mol. The molecule has 0 fully saturated rings. The molecule has 1 aromatic carbocycles. The summed E-state index contributed by atoms with van der Waals surface area (Å²) >= 11 is 5.63. The molecule has 2 N–H and O–H groups in total. The molecule has 1 unspecified atom stereocenters. The van der Waals surface area contributed by atoms with Gasteiger partial charge in [-0.2, -0.15) is 0 Å². The second-order valence-corrected chi connectivity index (χ2v) is 4.58. The van der Waals surface area contributed by atoms with Crippen LogP contribution in [0.3, 0.4) is 0 Å². The van der Waals surface area contributed by atoms with E-state index in [0.717, 1.165) is 0 Å². The Hall–Kier alpha value is -0.800. The molecule has 15 heavy (non-hydrogen) atoms. The van der Waals surface area contributed by atoms with Gasteiger partial charge in [0.25, 0.3) is 0 Å². The summed E-state index contributed by atoms with van der Waals surface area (Å²) in [5.41, 5.74) is -0.569. The number of benzene rings is 1. The minimum Gasteiger partial charge on any atom is -0.388 e. The van der Waals surface area contributed by atoms with Gasteiger partial charge < -0.3 is 10.4 Å². The number of hydrogen-bond acceptors (Lipinski definition) is 2. The maximum absolute atomic E-state index is 13.4. The van der Waals surface area contributed by atoms with Crippen molar-refractivity contribution in [2.75, 3.05) is 5.32 Å². The first-order chi connectivity index (χ1) is 6.80. The summed E-state index contributed by atoms with van der Waals surface area (Å²) in [5.74, 6) is -0.418. The smallest absolute Gasteiger partial charge is 0.147 e. The average Bonchev–Trinajstić information content (AvgIpc) is 2.08. The molecule has 1 aromatic rings. The van der Waals surface area contributed by atoms with Crippen LogP contribution in [0.1, 0.15) is 20.8 Å². The van der Waals surface area contributed by atoms with E-state index in [1.807, 2.05) is 0 Å². The molecule has 0 amide bonds. The number of hydrogen-bond donors (Lipinski definition) is 2. The molecule has 0 spiro atoms. The zero-order chi connectivity index (χ0) is 11.6. The standard InChI is InChI=1S/C11H15ClFNO/c1-7(11(2,3)15)14-10-5-4-8(12)6-9(10)13/h4-7,14-15H,1-3H3. The van der Waals surface area contributed by atoms with Gasteiger partial charge in [-0.25, -0.2) is 4.39 Å². The van der Waals surface area contributed by atoms with Gasteiger partial charge in [-0.3, -0.25) is 0 Å². The summed E-state index contributed by atoms with van der Waals surface area (Å²) in [4.78, 5) is 0. The van der Waals surface area contributed by atoms with Gasteiger partial charge in [-0.05, 0) is 39.0 Å².